The molecule has 6 heteroatoms. The average molecular weight is 285 g/mol. The van der Waals surface area contributed by atoms with Crippen LogP contribution in [0.1, 0.15) is 39.9 Å². The third-order valence-corrected chi connectivity index (χ3v) is 4.47. The van der Waals surface area contributed by atoms with Crippen molar-refractivity contribution in [2.45, 2.75) is 38.5 Å². The predicted molar refractivity (Wildman–Crippen MR) is 73.0 cm³/mol. The van der Waals surface area contributed by atoms with Crippen LogP contribution in [0.2, 0.25) is 0 Å². The lowest BCUT2D eigenvalue weighted by Crippen LogP contribution is -2.52. The van der Waals surface area contributed by atoms with Crippen LogP contribution in [0, 0.1) is 0 Å². The van der Waals surface area contributed by atoms with Crippen molar-refractivity contribution >= 4 is 17.7 Å². The van der Waals surface area contributed by atoms with Crippen LogP contribution in [-0.4, -0.2) is 28.7 Å². The van der Waals surface area contributed by atoms with E-state index in [0.29, 0.717) is 18.5 Å². The smallest absolute Gasteiger partial charge is 0.255 e. The highest BCUT2D eigenvalue weighted by Crippen LogP contribution is 2.31. The monoisotopic (exact) mass is 285 g/mol. The lowest BCUT2D eigenvalue weighted by molar-refractivity contribution is -0.136. The summed E-state index contributed by atoms with van der Waals surface area (Å²) in [5, 5.41) is 5.58. The highest BCUT2D eigenvalue weighted by molar-refractivity contribution is 6.05. The van der Waals surface area contributed by atoms with Gasteiger partial charge < -0.3 is 10.2 Å². The number of rotatable bonds is 1. The van der Waals surface area contributed by atoms with E-state index in [1.54, 1.807) is 4.90 Å². The summed E-state index contributed by atoms with van der Waals surface area (Å²) < 4.78 is 0. The first-order valence-corrected chi connectivity index (χ1v) is 7.13. The molecule has 1 aromatic rings. The lowest BCUT2D eigenvalue weighted by Gasteiger charge is -2.29. The minimum absolute atomic E-state index is 0.103. The summed E-state index contributed by atoms with van der Waals surface area (Å²) >= 11 is 0. The van der Waals surface area contributed by atoms with Gasteiger partial charge in [0.25, 0.3) is 5.91 Å². The van der Waals surface area contributed by atoms with Crippen molar-refractivity contribution < 1.29 is 14.4 Å². The van der Waals surface area contributed by atoms with Crippen LogP contribution in [0.4, 0.5) is 0 Å². The van der Waals surface area contributed by atoms with E-state index in [9.17, 15) is 14.4 Å². The van der Waals surface area contributed by atoms with Gasteiger partial charge >= 0.3 is 0 Å². The van der Waals surface area contributed by atoms with E-state index in [1.807, 2.05) is 6.07 Å². The molecule has 6 nitrogen and oxygen atoms in total. The number of amides is 3. The number of piperidine rings is 1. The standard InChI is InChI=1S/C15H15N3O3/c19-13-2-1-12(14(20)17-13)18-7-10-3-8-5-16-6-9(8)4-11(10)15(18)21/h3-4,12,16H,1-2,5-7H2,(H,17,19,20)/t12-/m1/s1. The van der Waals surface area contributed by atoms with Crippen LogP contribution >= 0.6 is 0 Å². The molecule has 3 aliphatic heterocycles. The molecule has 3 heterocycles. The fourth-order valence-corrected chi connectivity index (χ4v) is 3.37. The minimum atomic E-state index is -0.532. The van der Waals surface area contributed by atoms with Crippen molar-refractivity contribution in [3.8, 4) is 0 Å². The molecular weight excluding hydrogens is 270 g/mol. The number of carbonyl (C=O) groups is 3. The average Bonchev–Trinajstić information content (AvgIpc) is 3.02. The Morgan fingerprint density at radius 2 is 1.81 bits per heavy atom. The molecule has 108 valence electrons. The molecular formula is C15H15N3O3. The molecule has 4 rings (SSSR count). The Morgan fingerprint density at radius 3 is 2.57 bits per heavy atom. The van der Waals surface area contributed by atoms with E-state index in [-0.39, 0.29) is 24.1 Å². The lowest BCUT2D eigenvalue weighted by atomic mass is 10.0. The molecule has 2 N–H and O–H groups in total. The van der Waals surface area contributed by atoms with Gasteiger partial charge in [0, 0.05) is 31.6 Å². The zero-order chi connectivity index (χ0) is 14.6. The summed E-state index contributed by atoms with van der Waals surface area (Å²) in [5.74, 6) is -0.721. The van der Waals surface area contributed by atoms with Crippen molar-refractivity contribution in [2.24, 2.45) is 0 Å². The van der Waals surface area contributed by atoms with E-state index >= 15 is 0 Å². The molecule has 0 aliphatic carbocycles. The molecule has 0 unspecified atom stereocenters. The maximum Gasteiger partial charge on any atom is 0.255 e. The molecule has 3 amide bonds. The molecule has 0 aromatic heterocycles. The first kappa shape index (κ1) is 12.5. The van der Waals surface area contributed by atoms with E-state index in [0.717, 1.165) is 24.2 Å². The van der Waals surface area contributed by atoms with Gasteiger partial charge in [0.1, 0.15) is 6.04 Å². The zero-order valence-electron chi connectivity index (χ0n) is 11.4. The Balaban J connectivity index is 1.64. The first-order valence-electron chi connectivity index (χ1n) is 7.13. The molecule has 1 atom stereocenters. The molecule has 0 spiro atoms. The fraction of sp³-hybridized carbons (Fsp3) is 0.400. The van der Waals surface area contributed by atoms with Gasteiger partial charge in [0.15, 0.2) is 0 Å². The number of hydrogen-bond donors (Lipinski definition) is 2. The highest BCUT2D eigenvalue weighted by Gasteiger charge is 2.39. The highest BCUT2D eigenvalue weighted by atomic mass is 16.2. The molecule has 1 saturated heterocycles. The second kappa shape index (κ2) is 4.39. The molecule has 1 aromatic carbocycles. The molecule has 0 radical (unpaired) electrons. The van der Waals surface area contributed by atoms with Gasteiger partial charge in [-0.05, 0) is 29.2 Å². The Labute approximate surface area is 121 Å². The molecule has 1 fully saturated rings. The van der Waals surface area contributed by atoms with Crippen molar-refractivity contribution in [3.05, 3.63) is 34.4 Å². The van der Waals surface area contributed by atoms with Crippen LogP contribution in [0.25, 0.3) is 0 Å². The Morgan fingerprint density at radius 1 is 1.05 bits per heavy atom. The van der Waals surface area contributed by atoms with E-state index in [1.165, 1.54) is 5.56 Å². The Kier molecular flexibility index (Phi) is 2.62. The van der Waals surface area contributed by atoms with Crippen LogP contribution in [0.5, 0.6) is 0 Å². The van der Waals surface area contributed by atoms with Gasteiger partial charge in [0.05, 0.1) is 0 Å². The number of nitrogens with zero attached hydrogens (tertiary/aromatic N) is 1. The maximum absolute atomic E-state index is 12.6. The van der Waals surface area contributed by atoms with Crippen molar-refractivity contribution in [1.82, 2.24) is 15.5 Å². The summed E-state index contributed by atoms with van der Waals surface area (Å²) in [6.45, 7) is 2.07. The van der Waals surface area contributed by atoms with Crippen LogP contribution in [-0.2, 0) is 29.2 Å². The minimum Gasteiger partial charge on any atom is -0.322 e. The maximum atomic E-state index is 12.6. The Bertz CT molecular complexity index is 683. The van der Waals surface area contributed by atoms with E-state index in [4.69, 9.17) is 0 Å². The third-order valence-electron chi connectivity index (χ3n) is 4.47. The summed E-state index contributed by atoms with van der Waals surface area (Å²) in [6, 6.07) is 3.48. The van der Waals surface area contributed by atoms with Crippen LogP contribution in [0.15, 0.2) is 12.1 Å². The summed E-state index contributed by atoms with van der Waals surface area (Å²) in [5.41, 5.74) is 4.06. The topological polar surface area (TPSA) is 78.5 Å². The second-order valence-electron chi connectivity index (χ2n) is 5.78. The summed E-state index contributed by atoms with van der Waals surface area (Å²) in [4.78, 5) is 37.3. The van der Waals surface area contributed by atoms with Crippen molar-refractivity contribution in [1.29, 1.82) is 0 Å². The van der Waals surface area contributed by atoms with Gasteiger partial charge in [-0.3, -0.25) is 19.7 Å². The first-order chi connectivity index (χ1) is 10.1. The van der Waals surface area contributed by atoms with E-state index in [2.05, 4.69) is 16.7 Å². The molecule has 0 bridgehead atoms. The molecule has 0 saturated carbocycles. The van der Waals surface area contributed by atoms with Gasteiger partial charge in [-0.15, -0.1) is 0 Å². The number of hydrogen-bond acceptors (Lipinski definition) is 4. The largest absolute Gasteiger partial charge is 0.322 e. The van der Waals surface area contributed by atoms with Crippen LogP contribution < -0.4 is 10.6 Å². The number of nitrogens with one attached hydrogen (secondary N) is 2. The molecule has 3 aliphatic rings. The van der Waals surface area contributed by atoms with Crippen molar-refractivity contribution in [2.75, 3.05) is 0 Å². The number of carbonyl (C=O) groups excluding carboxylic acids is 3. The SMILES string of the molecule is O=C1CC[C@@H](N2Cc3cc4c(cc3C2=O)CNC4)C(=O)N1. The quantitative estimate of drug-likeness (QED) is 0.715. The third kappa shape index (κ3) is 1.86. The number of fused-ring (bicyclic) bond motifs is 2. The van der Waals surface area contributed by atoms with Gasteiger partial charge in [-0.2, -0.15) is 0 Å². The number of benzene rings is 1. The van der Waals surface area contributed by atoms with E-state index < -0.39 is 6.04 Å². The summed E-state index contributed by atoms with van der Waals surface area (Å²) in [7, 11) is 0. The molecule has 21 heavy (non-hydrogen) atoms. The van der Waals surface area contributed by atoms with Crippen LogP contribution in [0.3, 0.4) is 0 Å². The van der Waals surface area contributed by atoms with Gasteiger partial charge in [0.2, 0.25) is 11.8 Å². The van der Waals surface area contributed by atoms with Crippen molar-refractivity contribution in [3.63, 3.8) is 0 Å². The predicted octanol–water partition coefficient (Wildman–Crippen LogP) is 0.0508. The normalized spacial score (nSPS) is 24.1. The number of imide groups is 1. The Hall–Kier alpha value is -2.21. The van der Waals surface area contributed by atoms with Gasteiger partial charge in [-0.1, -0.05) is 6.07 Å². The fourth-order valence-electron chi connectivity index (χ4n) is 3.37. The zero-order valence-corrected chi connectivity index (χ0v) is 11.4. The second-order valence-corrected chi connectivity index (χ2v) is 5.78. The van der Waals surface area contributed by atoms with Gasteiger partial charge in [-0.25, -0.2) is 0 Å². The summed E-state index contributed by atoms with van der Waals surface area (Å²) in [6.07, 6.45) is 0.697.